The minimum Gasteiger partial charge on any atom is -0.481 e. The molecule has 0 bridgehead atoms. The Kier molecular flexibility index (Phi) is 4.84. The van der Waals surface area contributed by atoms with Crippen molar-refractivity contribution >= 4 is 12.0 Å². The highest BCUT2D eigenvalue weighted by Crippen LogP contribution is 2.32. The molecular weight excluding hydrogens is 292 g/mol. The van der Waals surface area contributed by atoms with Crippen molar-refractivity contribution in [3.05, 3.63) is 35.4 Å². The Bertz CT molecular complexity index is 579. The first kappa shape index (κ1) is 15.8. The minimum absolute atomic E-state index is 0.0986. The average Bonchev–Trinajstić information content (AvgIpc) is 2.97. The van der Waals surface area contributed by atoms with E-state index in [4.69, 9.17) is 5.11 Å². The van der Waals surface area contributed by atoms with Gasteiger partial charge in [-0.05, 0) is 49.7 Å². The predicted molar refractivity (Wildman–Crippen MR) is 87.4 cm³/mol. The molecule has 3 N–H and O–H groups in total. The molecule has 1 saturated carbocycles. The van der Waals surface area contributed by atoms with Crippen molar-refractivity contribution in [1.82, 2.24) is 10.6 Å². The molecule has 3 rings (SSSR count). The average molecular weight is 316 g/mol. The summed E-state index contributed by atoms with van der Waals surface area (Å²) in [6.07, 6.45) is 4.96. The maximum Gasteiger partial charge on any atom is 0.315 e. The number of fused-ring (bicyclic) bond motifs is 1. The Hall–Kier alpha value is -2.04. The number of carbonyl (C=O) groups is 2. The molecule has 0 saturated heterocycles. The molecule has 1 aromatic carbocycles. The molecule has 2 amide bonds. The molecule has 2 aliphatic carbocycles. The zero-order valence-electron chi connectivity index (χ0n) is 13.3. The molecule has 0 aromatic heterocycles. The first-order valence-corrected chi connectivity index (χ1v) is 8.48. The number of aliphatic carboxylic acids is 1. The number of nitrogens with one attached hydrogen (secondary N) is 2. The standard InChI is InChI=1S/C18H24N2O3/c21-17(22)13-7-9-15(10-8-13)20-18(23)19-11-14-6-5-12-3-1-2-4-16(12)14/h1-4,13-15H,5-11H2,(H,21,22)(H2,19,20,23). The molecule has 23 heavy (non-hydrogen) atoms. The second kappa shape index (κ2) is 7.02. The molecule has 1 aromatic rings. The summed E-state index contributed by atoms with van der Waals surface area (Å²) in [4.78, 5) is 23.0. The quantitative estimate of drug-likeness (QED) is 0.799. The monoisotopic (exact) mass is 316 g/mol. The molecule has 0 radical (unpaired) electrons. The molecule has 5 nitrogen and oxygen atoms in total. The van der Waals surface area contributed by atoms with Crippen LogP contribution in [0.2, 0.25) is 0 Å². The van der Waals surface area contributed by atoms with Crippen LogP contribution in [0.4, 0.5) is 4.79 Å². The van der Waals surface area contributed by atoms with Crippen molar-refractivity contribution in [3.8, 4) is 0 Å². The number of hydrogen-bond donors (Lipinski definition) is 3. The van der Waals surface area contributed by atoms with Gasteiger partial charge in [0.1, 0.15) is 0 Å². The van der Waals surface area contributed by atoms with Gasteiger partial charge in [-0.2, -0.15) is 0 Å². The number of amides is 2. The number of carboxylic acids is 1. The van der Waals surface area contributed by atoms with Crippen LogP contribution in [0.15, 0.2) is 24.3 Å². The van der Waals surface area contributed by atoms with E-state index >= 15 is 0 Å². The van der Waals surface area contributed by atoms with E-state index in [1.807, 2.05) is 0 Å². The van der Waals surface area contributed by atoms with Gasteiger partial charge in [-0.1, -0.05) is 24.3 Å². The second-order valence-electron chi connectivity index (χ2n) is 6.68. The molecule has 5 heteroatoms. The van der Waals surface area contributed by atoms with E-state index in [1.54, 1.807) is 0 Å². The second-order valence-corrected chi connectivity index (χ2v) is 6.68. The van der Waals surface area contributed by atoms with E-state index in [-0.39, 0.29) is 18.0 Å². The summed E-state index contributed by atoms with van der Waals surface area (Å²) >= 11 is 0. The van der Waals surface area contributed by atoms with Crippen molar-refractivity contribution in [2.75, 3.05) is 6.54 Å². The lowest BCUT2D eigenvalue weighted by Crippen LogP contribution is -2.45. The normalized spacial score (nSPS) is 26.3. The number of carbonyl (C=O) groups excluding carboxylic acids is 1. The van der Waals surface area contributed by atoms with E-state index in [2.05, 4.69) is 34.9 Å². The summed E-state index contributed by atoms with van der Waals surface area (Å²) in [6, 6.07) is 8.40. The number of rotatable bonds is 4. The van der Waals surface area contributed by atoms with E-state index in [9.17, 15) is 9.59 Å². The van der Waals surface area contributed by atoms with Gasteiger partial charge in [0.05, 0.1) is 5.92 Å². The molecule has 0 aliphatic heterocycles. The molecule has 0 spiro atoms. The van der Waals surface area contributed by atoms with Gasteiger partial charge in [-0.15, -0.1) is 0 Å². The first-order chi connectivity index (χ1) is 11.1. The number of aryl methyl sites for hydroxylation is 1. The highest BCUT2D eigenvalue weighted by molar-refractivity contribution is 5.74. The number of carboxylic acid groups (broad SMARTS) is 1. The van der Waals surface area contributed by atoms with E-state index in [0.29, 0.717) is 25.3 Å². The smallest absolute Gasteiger partial charge is 0.315 e. The fourth-order valence-corrected chi connectivity index (χ4v) is 3.79. The maximum absolute atomic E-state index is 12.1. The SMILES string of the molecule is O=C(NCC1CCc2ccccc21)NC1CCC(C(=O)O)CC1. The number of benzene rings is 1. The van der Waals surface area contributed by atoms with E-state index in [0.717, 1.165) is 25.7 Å². The molecule has 124 valence electrons. The van der Waals surface area contributed by atoms with Crippen LogP contribution >= 0.6 is 0 Å². The molecule has 0 heterocycles. The highest BCUT2D eigenvalue weighted by atomic mass is 16.4. The van der Waals surface area contributed by atoms with Crippen LogP contribution in [-0.4, -0.2) is 29.7 Å². The van der Waals surface area contributed by atoms with Crippen LogP contribution in [-0.2, 0) is 11.2 Å². The van der Waals surface area contributed by atoms with Gasteiger partial charge < -0.3 is 15.7 Å². The third-order valence-corrected chi connectivity index (χ3v) is 5.18. The predicted octanol–water partition coefficient (Wildman–Crippen LogP) is 2.66. The summed E-state index contributed by atoms with van der Waals surface area (Å²) in [5, 5.41) is 15.0. The Morgan fingerprint density at radius 3 is 2.57 bits per heavy atom. The van der Waals surface area contributed by atoms with Crippen LogP contribution in [0, 0.1) is 5.92 Å². The zero-order valence-corrected chi connectivity index (χ0v) is 13.3. The highest BCUT2D eigenvalue weighted by Gasteiger charge is 2.27. The third-order valence-electron chi connectivity index (χ3n) is 5.18. The largest absolute Gasteiger partial charge is 0.481 e. The van der Waals surface area contributed by atoms with Gasteiger partial charge in [0, 0.05) is 18.5 Å². The van der Waals surface area contributed by atoms with Gasteiger partial charge in [0.15, 0.2) is 0 Å². The van der Waals surface area contributed by atoms with Crippen molar-refractivity contribution in [2.24, 2.45) is 5.92 Å². The molecule has 2 aliphatic rings. The van der Waals surface area contributed by atoms with Gasteiger partial charge >= 0.3 is 12.0 Å². The van der Waals surface area contributed by atoms with Crippen molar-refractivity contribution in [3.63, 3.8) is 0 Å². The van der Waals surface area contributed by atoms with Gasteiger partial charge in [-0.25, -0.2) is 4.79 Å². The first-order valence-electron chi connectivity index (χ1n) is 8.48. The maximum atomic E-state index is 12.1. The van der Waals surface area contributed by atoms with Crippen LogP contribution in [0.3, 0.4) is 0 Å². The summed E-state index contributed by atoms with van der Waals surface area (Å²) in [6.45, 7) is 0.660. The molecular formula is C18H24N2O3. The van der Waals surface area contributed by atoms with Crippen molar-refractivity contribution in [2.45, 2.75) is 50.5 Å². The summed E-state index contributed by atoms with van der Waals surface area (Å²) in [5.41, 5.74) is 2.75. The summed E-state index contributed by atoms with van der Waals surface area (Å²) < 4.78 is 0. The summed E-state index contributed by atoms with van der Waals surface area (Å²) in [5.74, 6) is -0.557. The zero-order chi connectivity index (χ0) is 16.2. The van der Waals surface area contributed by atoms with E-state index in [1.165, 1.54) is 11.1 Å². The lowest BCUT2D eigenvalue weighted by Gasteiger charge is -2.27. The fraction of sp³-hybridized carbons (Fsp3) is 0.556. The lowest BCUT2D eigenvalue weighted by atomic mass is 9.86. The third kappa shape index (κ3) is 3.84. The van der Waals surface area contributed by atoms with Crippen molar-refractivity contribution < 1.29 is 14.7 Å². The molecule has 1 fully saturated rings. The Morgan fingerprint density at radius 2 is 1.83 bits per heavy atom. The number of hydrogen-bond acceptors (Lipinski definition) is 2. The Balaban J connectivity index is 1.42. The fourth-order valence-electron chi connectivity index (χ4n) is 3.79. The van der Waals surface area contributed by atoms with Crippen LogP contribution in [0.25, 0.3) is 0 Å². The van der Waals surface area contributed by atoms with Gasteiger partial charge in [0.2, 0.25) is 0 Å². The minimum atomic E-state index is -0.715. The lowest BCUT2D eigenvalue weighted by molar-refractivity contribution is -0.142. The number of urea groups is 1. The van der Waals surface area contributed by atoms with Gasteiger partial charge in [-0.3, -0.25) is 4.79 Å². The molecule has 1 atom stereocenters. The van der Waals surface area contributed by atoms with Crippen LogP contribution in [0.1, 0.15) is 49.1 Å². The van der Waals surface area contributed by atoms with Gasteiger partial charge in [0.25, 0.3) is 0 Å². The van der Waals surface area contributed by atoms with Crippen molar-refractivity contribution in [1.29, 1.82) is 0 Å². The Labute approximate surface area is 136 Å². The van der Waals surface area contributed by atoms with Crippen LogP contribution < -0.4 is 10.6 Å². The summed E-state index contributed by atoms with van der Waals surface area (Å²) in [7, 11) is 0. The molecule has 1 unspecified atom stereocenters. The topological polar surface area (TPSA) is 78.4 Å². The van der Waals surface area contributed by atoms with Crippen LogP contribution in [0.5, 0.6) is 0 Å². The Morgan fingerprint density at radius 1 is 1.09 bits per heavy atom. The van der Waals surface area contributed by atoms with E-state index < -0.39 is 5.97 Å².